The van der Waals surface area contributed by atoms with E-state index in [1.807, 2.05) is 49.8 Å². The summed E-state index contributed by atoms with van der Waals surface area (Å²) in [6.07, 6.45) is 4.53. The maximum absolute atomic E-state index is 9.59. The molecule has 3 N–H and O–H groups in total. The lowest BCUT2D eigenvalue weighted by atomic mass is 9.89. The van der Waals surface area contributed by atoms with Crippen molar-refractivity contribution in [1.82, 2.24) is 9.78 Å². The lowest BCUT2D eigenvalue weighted by Crippen LogP contribution is -2.41. The van der Waals surface area contributed by atoms with Crippen LogP contribution in [-0.4, -0.2) is 27.2 Å². The van der Waals surface area contributed by atoms with Crippen LogP contribution in [0.1, 0.15) is 12.0 Å². The molecule has 0 radical (unpaired) electrons. The van der Waals surface area contributed by atoms with Gasteiger partial charge in [0.1, 0.15) is 0 Å². The fourth-order valence-electron chi connectivity index (χ4n) is 1.91. The molecule has 1 atom stereocenters. The largest absolute Gasteiger partial charge is 0.394 e. The van der Waals surface area contributed by atoms with Gasteiger partial charge in [-0.25, -0.2) is 0 Å². The van der Waals surface area contributed by atoms with Crippen LogP contribution in [0.15, 0.2) is 47.6 Å². The molecule has 0 saturated carbocycles. The number of aliphatic hydroxyl groups is 1. The zero-order valence-corrected chi connectivity index (χ0v) is 11.8. The molecule has 0 spiro atoms. The fourth-order valence-corrected chi connectivity index (χ4v) is 2.96. The van der Waals surface area contributed by atoms with Crippen molar-refractivity contribution in [3.8, 4) is 0 Å². The Balaban J connectivity index is 1.96. The summed E-state index contributed by atoms with van der Waals surface area (Å²) in [5.41, 5.74) is 6.61. The number of thioether (sulfide) groups is 1. The molecule has 102 valence electrons. The first-order valence-corrected chi connectivity index (χ1v) is 7.19. The zero-order chi connectivity index (χ0) is 13.7. The zero-order valence-electron chi connectivity index (χ0n) is 11.0. The van der Waals surface area contributed by atoms with E-state index in [2.05, 4.69) is 5.10 Å². The maximum Gasteiger partial charge on any atom is 0.0653 e. The quantitative estimate of drug-likeness (QED) is 0.790. The van der Waals surface area contributed by atoms with Crippen LogP contribution in [0.25, 0.3) is 0 Å². The Morgan fingerprint density at radius 1 is 1.37 bits per heavy atom. The first kappa shape index (κ1) is 14.1. The Hall–Kier alpha value is -1.30. The molecular formula is C14H19N3OS. The van der Waals surface area contributed by atoms with Crippen molar-refractivity contribution < 1.29 is 5.11 Å². The molecule has 0 fully saturated rings. The molecule has 0 aliphatic rings. The Morgan fingerprint density at radius 2 is 2.11 bits per heavy atom. The Labute approximate surface area is 117 Å². The fraction of sp³-hybridized carbons (Fsp3) is 0.357. The van der Waals surface area contributed by atoms with Crippen molar-refractivity contribution in [1.29, 1.82) is 0 Å². The molecule has 2 rings (SSSR count). The van der Waals surface area contributed by atoms with Crippen LogP contribution < -0.4 is 5.73 Å². The number of nitrogens with two attached hydrogens (primary N) is 1. The molecule has 0 saturated heterocycles. The van der Waals surface area contributed by atoms with Crippen molar-refractivity contribution in [3.63, 3.8) is 0 Å². The number of nitrogens with zero attached hydrogens (tertiary/aromatic N) is 2. The van der Waals surface area contributed by atoms with E-state index in [1.165, 1.54) is 0 Å². The Bertz CT molecular complexity index is 514. The second kappa shape index (κ2) is 6.23. The van der Waals surface area contributed by atoms with Gasteiger partial charge in [-0.15, -0.1) is 11.8 Å². The highest BCUT2D eigenvalue weighted by molar-refractivity contribution is 7.99. The van der Waals surface area contributed by atoms with Crippen LogP contribution in [0.5, 0.6) is 0 Å². The summed E-state index contributed by atoms with van der Waals surface area (Å²) in [4.78, 5) is 1.12. The summed E-state index contributed by atoms with van der Waals surface area (Å²) in [5, 5.41) is 13.7. The molecule has 0 amide bonds. The van der Waals surface area contributed by atoms with E-state index in [-0.39, 0.29) is 6.61 Å². The normalized spacial score (nSPS) is 14.3. The van der Waals surface area contributed by atoms with Crippen molar-refractivity contribution in [3.05, 3.63) is 48.3 Å². The first-order valence-electron chi connectivity index (χ1n) is 6.21. The maximum atomic E-state index is 9.59. The summed E-state index contributed by atoms with van der Waals surface area (Å²) >= 11 is 1.70. The Morgan fingerprint density at radius 3 is 2.68 bits per heavy atom. The third kappa shape index (κ3) is 3.59. The number of rotatable bonds is 6. The van der Waals surface area contributed by atoms with E-state index in [0.717, 1.165) is 16.2 Å². The van der Waals surface area contributed by atoms with Crippen molar-refractivity contribution in [2.24, 2.45) is 12.8 Å². The standard InChI is InChI=1S/C14H19N3OS/c1-17-10-13(9-16-17)19-8-7-14(15,11-18)12-5-3-2-4-6-12/h2-6,9-10,18H,7-8,11,15H2,1H3. The van der Waals surface area contributed by atoms with Gasteiger partial charge in [0.2, 0.25) is 0 Å². The summed E-state index contributed by atoms with van der Waals surface area (Å²) in [5.74, 6) is 0.845. The number of hydrogen-bond donors (Lipinski definition) is 2. The van der Waals surface area contributed by atoms with Gasteiger partial charge in [0.15, 0.2) is 0 Å². The minimum atomic E-state index is -0.670. The van der Waals surface area contributed by atoms with Crippen LogP contribution in [0.4, 0.5) is 0 Å². The van der Waals surface area contributed by atoms with Gasteiger partial charge in [-0.05, 0) is 12.0 Å². The van der Waals surface area contributed by atoms with E-state index in [1.54, 1.807) is 16.4 Å². The number of aliphatic hydroxyl groups excluding tert-OH is 1. The van der Waals surface area contributed by atoms with E-state index < -0.39 is 5.54 Å². The highest BCUT2D eigenvalue weighted by Crippen LogP contribution is 2.26. The van der Waals surface area contributed by atoms with Gasteiger partial charge in [0, 0.05) is 23.9 Å². The SMILES string of the molecule is Cn1cc(SCCC(N)(CO)c2ccccc2)cn1. The second-order valence-corrected chi connectivity index (χ2v) is 5.80. The predicted molar refractivity (Wildman–Crippen MR) is 77.9 cm³/mol. The van der Waals surface area contributed by atoms with Gasteiger partial charge in [-0.3, -0.25) is 4.68 Å². The van der Waals surface area contributed by atoms with Crippen LogP contribution >= 0.6 is 11.8 Å². The molecule has 0 aliphatic heterocycles. The van der Waals surface area contributed by atoms with Gasteiger partial charge in [-0.2, -0.15) is 5.10 Å². The third-order valence-corrected chi connectivity index (χ3v) is 4.08. The van der Waals surface area contributed by atoms with E-state index >= 15 is 0 Å². The average Bonchev–Trinajstić information content (AvgIpc) is 2.85. The van der Waals surface area contributed by atoms with Crippen molar-refractivity contribution in [2.45, 2.75) is 16.9 Å². The first-order chi connectivity index (χ1) is 9.14. The molecule has 4 nitrogen and oxygen atoms in total. The minimum Gasteiger partial charge on any atom is -0.394 e. The monoisotopic (exact) mass is 277 g/mol. The number of aryl methyl sites for hydroxylation is 1. The summed E-state index contributed by atoms with van der Waals surface area (Å²) in [6.45, 7) is -0.0510. The molecule has 1 heterocycles. The molecule has 2 aromatic rings. The highest BCUT2D eigenvalue weighted by atomic mass is 32.2. The number of hydrogen-bond acceptors (Lipinski definition) is 4. The van der Waals surface area contributed by atoms with Gasteiger partial charge >= 0.3 is 0 Å². The molecule has 5 heteroatoms. The van der Waals surface area contributed by atoms with Gasteiger partial charge in [0.05, 0.1) is 18.3 Å². The van der Waals surface area contributed by atoms with E-state index in [4.69, 9.17) is 5.73 Å². The van der Waals surface area contributed by atoms with Crippen molar-refractivity contribution in [2.75, 3.05) is 12.4 Å². The lowest BCUT2D eigenvalue weighted by molar-refractivity contribution is 0.193. The molecular weight excluding hydrogens is 258 g/mol. The predicted octanol–water partition coefficient (Wildman–Crippen LogP) is 1.75. The second-order valence-electron chi connectivity index (χ2n) is 4.63. The third-order valence-electron chi connectivity index (χ3n) is 3.13. The lowest BCUT2D eigenvalue weighted by Gasteiger charge is -2.27. The van der Waals surface area contributed by atoms with Crippen LogP contribution in [0, 0.1) is 0 Å². The van der Waals surface area contributed by atoms with E-state index in [9.17, 15) is 5.11 Å². The van der Waals surface area contributed by atoms with Gasteiger partial charge in [-0.1, -0.05) is 30.3 Å². The molecule has 1 aromatic heterocycles. The van der Waals surface area contributed by atoms with Crippen LogP contribution in [0.3, 0.4) is 0 Å². The summed E-state index contributed by atoms with van der Waals surface area (Å²) in [7, 11) is 1.90. The minimum absolute atomic E-state index is 0.0510. The van der Waals surface area contributed by atoms with Crippen LogP contribution in [0.2, 0.25) is 0 Å². The van der Waals surface area contributed by atoms with Gasteiger partial charge < -0.3 is 10.8 Å². The topological polar surface area (TPSA) is 64.1 Å². The summed E-state index contributed by atoms with van der Waals surface area (Å²) in [6, 6.07) is 9.77. The van der Waals surface area contributed by atoms with Gasteiger partial charge in [0.25, 0.3) is 0 Å². The molecule has 1 unspecified atom stereocenters. The highest BCUT2D eigenvalue weighted by Gasteiger charge is 2.25. The smallest absolute Gasteiger partial charge is 0.0653 e. The summed E-state index contributed by atoms with van der Waals surface area (Å²) < 4.78 is 1.78. The molecule has 19 heavy (non-hydrogen) atoms. The number of aromatic nitrogens is 2. The average molecular weight is 277 g/mol. The van der Waals surface area contributed by atoms with Crippen molar-refractivity contribution >= 4 is 11.8 Å². The number of benzene rings is 1. The molecule has 1 aromatic carbocycles. The van der Waals surface area contributed by atoms with Crippen LogP contribution in [-0.2, 0) is 12.6 Å². The Kier molecular flexibility index (Phi) is 4.63. The molecule has 0 aliphatic carbocycles. The molecule has 0 bridgehead atoms. The van der Waals surface area contributed by atoms with E-state index in [0.29, 0.717) is 6.42 Å².